The lowest BCUT2D eigenvalue weighted by molar-refractivity contribution is -0.00923. The van der Waals surface area contributed by atoms with Gasteiger partial charge in [0.05, 0.1) is 25.3 Å². The fraction of sp³-hybridized carbons (Fsp3) is 0.550. The Kier molecular flexibility index (Phi) is 5.85. The molecule has 2 aromatic heterocycles. The van der Waals surface area contributed by atoms with Crippen molar-refractivity contribution < 1.29 is 9.53 Å². The number of nitrogens with zero attached hydrogens (tertiary/aromatic N) is 2. The van der Waals surface area contributed by atoms with Crippen LogP contribution in [0.1, 0.15) is 40.5 Å². The Labute approximate surface area is 160 Å². The first-order chi connectivity index (χ1) is 12.4. The number of nitrogens with one attached hydrogen (secondary N) is 1. The number of amides is 1. The molecular formula is C20H29N3O2S. The standard InChI is InChI=1S/C20H29N3O2S/c1-15-12-18(16(2)23(15)13-17-6-5-11-26-17)19(24)21-14-20(3,4)22-7-9-25-10-8-22/h5-6,11-12H,7-10,13-14H2,1-4H3,(H,21,24). The van der Waals surface area contributed by atoms with Gasteiger partial charge in [-0.25, -0.2) is 0 Å². The van der Waals surface area contributed by atoms with Crippen LogP contribution >= 0.6 is 11.3 Å². The lowest BCUT2D eigenvalue weighted by atomic mass is 10.0. The molecule has 0 aromatic carbocycles. The first-order valence-electron chi connectivity index (χ1n) is 9.18. The molecular weight excluding hydrogens is 346 g/mol. The third kappa shape index (κ3) is 4.19. The van der Waals surface area contributed by atoms with Crippen LogP contribution in [0, 0.1) is 13.8 Å². The van der Waals surface area contributed by atoms with E-state index in [4.69, 9.17) is 4.74 Å². The third-order valence-electron chi connectivity index (χ3n) is 5.26. The second-order valence-electron chi connectivity index (χ2n) is 7.54. The monoisotopic (exact) mass is 375 g/mol. The zero-order chi connectivity index (χ0) is 18.7. The van der Waals surface area contributed by atoms with Gasteiger partial charge in [-0.05, 0) is 45.2 Å². The summed E-state index contributed by atoms with van der Waals surface area (Å²) in [4.78, 5) is 16.5. The SMILES string of the molecule is Cc1cc(C(=O)NCC(C)(C)N2CCOCC2)c(C)n1Cc1cccs1. The normalized spacial score (nSPS) is 16.0. The minimum Gasteiger partial charge on any atom is -0.379 e. The van der Waals surface area contributed by atoms with Gasteiger partial charge in [0.2, 0.25) is 0 Å². The molecule has 3 heterocycles. The van der Waals surface area contributed by atoms with Gasteiger partial charge in [0.15, 0.2) is 0 Å². The minimum atomic E-state index is -0.0814. The number of thiophene rings is 1. The third-order valence-corrected chi connectivity index (χ3v) is 6.12. The summed E-state index contributed by atoms with van der Waals surface area (Å²) in [6.07, 6.45) is 0. The maximum atomic E-state index is 12.8. The van der Waals surface area contributed by atoms with Gasteiger partial charge in [0.25, 0.3) is 5.91 Å². The fourth-order valence-corrected chi connectivity index (χ4v) is 4.20. The highest BCUT2D eigenvalue weighted by molar-refractivity contribution is 7.09. The van der Waals surface area contributed by atoms with Crippen molar-refractivity contribution in [2.45, 2.75) is 39.8 Å². The minimum absolute atomic E-state index is 0.0110. The van der Waals surface area contributed by atoms with Crippen molar-refractivity contribution in [3.63, 3.8) is 0 Å². The maximum Gasteiger partial charge on any atom is 0.253 e. The van der Waals surface area contributed by atoms with Gasteiger partial charge in [-0.2, -0.15) is 0 Å². The molecule has 0 unspecified atom stereocenters. The summed E-state index contributed by atoms with van der Waals surface area (Å²) in [7, 11) is 0. The van der Waals surface area contributed by atoms with Crippen LogP contribution in [0.5, 0.6) is 0 Å². The van der Waals surface area contributed by atoms with Gasteiger partial charge in [-0.3, -0.25) is 9.69 Å². The summed E-state index contributed by atoms with van der Waals surface area (Å²) in [6, 6.07) is 6.20. The Morgan fingerprint density at radius 1 is 1.31 bits per heavy atom. The van der Waals surface area contributed by atoms with Crippen LogP contribution in [0.15, 0.2) is 23.6 Å². The molecule has 0 radical (unpaired) electrons. The van der Waals surface area contributed by atoms with Crippen molar-refractivity contribution in [3.05, 3.63) is 45.4 Å². The van der Waals surface area contributed by atoms with E-state index in [1.165, 1.54) is 4.88 Å². The van der Waals surface area contributed by atoms with Crippen LogP contribution in [0.2, 0.25) is 0 Å². The second-order valence-corrected chi connectivity index (χ2v) is 8.58. The summed E-state index contributed by atoms with van der Waals surface area (Å²) < 4.78 is 7.65. The predicted octanol–water partition coefficient (Wildman–Crippen LogP) is 3.06. The molecule has 3 rings (SSSR count). The summed E-state index contributed by atoms with van der Waals surface area (Å²) in [5, 5.41) is 5.23. The van der Waals surface area contributed by atoms with Crippen molar-refractivity contribution in [2.24, 2.45) is 0 Å². The topological polar surface area (TPSA) is 46.5 Å². The molecule has 0 aliphatic carbocycles. The van der Waals surface area contributed by atoms with Crippen LogP contribution in [0.25, 0.3) is 0 Å². The highest BCUT2D eigenvalue weighted by Crippen LogP contribution is 2.20. The van der Waals surface area contributed by atoms with E-state index in [-0.39, 0.29) is 11.4 Å². The summed E-state index contributed by atoms with van der Waals surface area (Å²) >= 11 is 1.75. The lowest BCUT2D eigenvalue weighted by Gasteiger charge is -2.40. The van der Waals surface area contributed by atoms with Crippen molar-refractivity contribution in [3.8, 4) is 0 Å². The highest BCUT2D eigenvalue weighted by atomic mass is 32.1. The number of carbonyl (C=O) groups is 1. The zero-order valence-corrected chi connectivity index (χ0v) is 17.0. The lowest BCUT2D eigenvalue weighted by Crippen LogP contribution is -2.55. The molecule has 0 spiro atoms. The molecule has 142 valence electrons. The molecule has 2 aromatic rings. The Bertz CT molecular complexity index is 743. The van der Waals surface area contributed by atoms with Gasteiger partial charge in [-0.15, -0.1) is 11.3 Å². The summed E-state index contributed by atoms with van der Waals surface area (Å²) in [6.45, 7) is 13.3. The molecule has 1 amide bonds. The fourth-order valence-electron chi connectivity index (χ4n) is 3.50. The number of aromatic nitrogens is 1. The van der Waals surface area contributed by atoms with Gasteiger partial charge < -0.3 is 14.6 Å². The predicted molar refractivity (Wildman–Crippen MR) is 106 cm³/mol. The molecule has 1 fully saturated rings. The van der Waals surface area contributed by atoms with E-state index in [1.54, 1.807) is 11.3 Å². The highest BCUT2D eigenvalue weighted by Gasteiger charge is 2.29. The molecule has 1 saturated heterocycles. The number of carbonyl (C=O) groups excluding carboxylic acids is 1. The molecule has 0 bridgehead atoms. The molecule has 5 nitrogen and oxygen atoms in total. The van der Waals surface area contributed by atoms with Gasteiger partial charge in [0.1, 0.15) is 0 Å². The zero-order valence-electron chi connectivity index (χ0n) is 16.2. The van der Waals surface area contributed by atoms with E-state index in [2.05, 4.69) is 53.1 Å². The second kappa shape index (κ2) is 7.94. The summed E-state index contributed by atoms with van der Waals surface area (Å²) in [5.41, 5.74) is 2.84. The van der Waals surface area contributed by atoms with Crippen LogP contribution in [0.4, 0.5) is 0 Å². The first-order valence-corrected chi connectivity index (χ1v) is 10.1. The van der Waals surface area contributed by atoms with Crippen LogP contribution in [0.3, 0.4) is 0 Å². The molecule has 6 heteroatoms. The van der Waals surface area contributed by atoms with Crippen molar-refractivity contribution >= 4 is 17.2 Å². The Balaban J connectivity index is 1.66. The quantitative estimate of drug-likeness (QED) is 0.844. The van der Waals surface area contributed by atoms with E-state index in [9.17, 15) is 4.79 Å². The van der Waals surface area contributed by atoms with Gasteiger partial charge >= 0.3 is 0 Å². The Hall–Kier alpha value is -1.63. The van der Waals surface area contributed by atoms with Crippen LogP contribution in [-0.4, -0.2) is 53.8 Å². The van der Waals surface area contributed by atoms with Crippen LogP contribution in [-0.2, 0) is 11.3 Å². The summed E-state index contributed by atoms with van der Waals surface area (Å²) in [5.74, 6) is 0.0110. The maximum absolute atomic E-state index is 12.8. The average molecular weight is 376 g/mol. The molecule has 1 N–H and O–H groups in total. The average Bonchev–Trinajstić information content (AvgIpc) is 3.24. The Morgan fingerprint density at radius 2 is 2.04 bits per heavy atom. The van der Waals surface area contributed by atoms with E-state index >= 15 is 0 Å². The number of hydrogen-bond acceptors (Lipinski definition) is 4. The van der Waals surface area contributed by atoms with Gasteiger partial charge in [-0.1, -0.05) is 6.07 Å². The molecule has 1 aliphatic rings. The van der Waals surface area contributed by atoms with E-state index in [0.717, 1.165) is 49.8 Å². The molecule has 1 aliphatic heterocycles. The van der Waals surface area contributed by atoms with E-state index in [1.807, 2.05) is 13.0 Å². The van der Waals surface area contributed by atoms with Crippen LogP contribution < -0.4 is 5.32 Å². The number of hydrogen-bond donors (Lipinski definition) is 1. The van der Waals surface area contributed by atoms with Crippen molar-refractivity contribution in [2.75, 3.05) is 32.8 Å². The van der Waals surface area contributed by atoms with Crippen molar-refractivity contribution in [1.82, 2.24) is 14.8 Å². The smallest absolute Gasteiger partial charge is 0.253 e. The Morgan fingerprint density at radius 3 is 2.69 bits per heavy atom. The number of morpholine rings is 1. The first kappa shape index (κ1) is 19.1. The van der Waals surface area contributed by atoms with Gasteiger partial charge in [0, 0.05) is 41.4 Å². The largest absolute Gasteiger partial charge is 0.379 e. The number of rotatable bonds is 6. The van der Waals surface area contributed by atoms with Crippen molar-refractivity contribution in [1.29, 1.82) is 0 Å². The van der Waals surface area contributed by atoms with E-state index in [0.29, 0.717) is 6.54 Å². The number of ether oxygens (including phenoxy) is 1. The molecule has 0 atom stereocenters. The number of aryl methyl sites for hydroxylation is 1. The van der Waals surface area contributed by atoms with E-state index < -0.39 is 0 Å². The molecule has 26 heavy (non-hydrogen) atoms. The molecule has 0 saturated carbocycles.